The average Bonchev–Trinajstić information content (AvgIpc) is 1.88. The number of nitrogens with two attached hydrogens (primary N) is 1. The monoisotopic (exact) mass is 137 g/mol. The van der Waals surface area contributed by atoms with Crippen LogP contribution >= 0.6 is 0 Å². The van der Waals surface area contributed by atoms with Gasteiger partial charge in [-0.15, -0.1) is 0 Å². The second kappa shape index (κ2) is 2.91. The lowest BCUT2D eigenvalue weighted by Crippen LogP contribution is -2.07. The van der Waals surface area contributed by atoms with Gasteiger partial charge in [0.1, 0.15) is 0 Å². The van der Waals surface area contributed by atoms with Gasteiger partial charge < -0.3 is 5.73 Å². The second-order valence-electron chi connectivity index (χ2n) is 3.08. The SMILES string of the molecule is CC(C)C1=C(N)C=CCC1. The maximum absolute atomic E-state index is 5.77. The summed E-state index contributed by atoms with van der Waals surface area (Å²) in [6, 6.07) is 0. The topological polar surface area (TPSA) is 26.0 Å². The Bertz CT molecular complexity index is 175. The summed E-state index contributed by atoms with van der Waals surface area (Å²) in [6.45, 7) is 4.39. The van der Waals surface area contributed by atoms with Crippen molar-refractivity contribution in [2.24, 2.45) is 11.7 Å². The van der Waals surface area contributed by atoms with Gasteiger partial charge in [-0.25, -0.2) is 0 Å². The van der Waals surface area contributed by atoms with E-state index in [0.717, 1.165) is 18.5 Å². The van der Waals surface area contributed by atoms with Crippen molar-refractivity contribution < 1.29 is 0 Å². The number of allylic oxidation sites excluding steroid dienone is 3. The van der Waals surface area contributed by atoms with E-state index in [0.29, 0.717) is 5.92 Å². The molecule has 0 radical (unpaired) electrons. The van der Waals surface area contributed by atoms with Crippen LogP contribution in [0.2, 0.25) is 0 Å². The first-order chi connectivity index (χ1) is 4.72. The molecule has 0 fully saturated rings. The van der Waals surface area contributed by atoms with Crippen LogP contribution in [0.4, 0.5) is 0 Å². The lowest BCUT2D eigenvalue weighted by atomic mass is 9.93. The molecule has 0 heterocycles. The summed E-state index contributed by atoms with van der Waals surface area (Å²) in [5.41, 5.74) is 8.18. The molecule has 1 aliphatic rings. The van der Waals surface area contributed by atoms with E-state index in [-0.39, 0.29) is 0 Å². The quantitative estimate of drug-likeness (QED) is 0.589. The molecular formula is C9H15N. The van der Waals surface area contributed by atoms with Gasteiger partial charge in [-0.05, 0) is 30.4 Å². The smallest absolute Gasteiger partial charge is 0.0305 e. The lowest BCUT2D eigenvalue weighted by Gasteiger charge is -2.15. The van der Waals surface area contributed by atoms with Crippen molar-refractivity contribution in [2.75, 3.05) is 0 Å². The molecule has 0 spiro atoms. The lowest BCUT2D eigenvalue weighted by molar-refractivity contribution is 0.697. The van der Waals surface area contributed by atoms with Crippen LogP contribution in [-0.4, -0.2) is 0 Å². The number of hydrogen-bond acceptors (Lipinski definition) is 1. The van der Waals surface area contributed by atoms with Crippen molar-refractivity contribution >= 4 is 0 Å². The highest BCUT2D eigenvalue weighted by Crippen LogP contribution is 2.22. The molecule has 0 saturated carbocycles. The summed E-state index contributed by atoms with van der Waals surface area (Å²) in [7, 11) is 0. The van der Waals surface area contributed by atoms with Crippen LogP contribution in [0.3, 0.4) is 0 Å². The fourth-order valence-electron chi connectivity index (χ4n) is 1.32. The Morgan fingerprint density at radius 2 is 2.20 bits per heavy atom. The van der Waals surface area contributed by atoms with E-state index in [1.807, 2.05) is 6.08 Å². The predicted molar refractivity (Wildman–Crippen MR) is 44.4 cm³/mol. The minimum Gasteiger partial charge on any atom is -0.399 e. The van der Waals surface area contributed by atoms with E-state index in [1.165, 1.54) is 5.57 Å². The minimum absolute atomic E-state index is 0.616. The fourth-order valence-corrected chi connectivity index (χ4v) is 1.32. The Morgan fingerprint density at radius 3 is 2.60 bits per heavy atom. The molecule has 0 aromatic heterocycles. The Hall–Kier alpha value is -0.720. The predicted octanol–water partition coefficient (Wildman–Crippen LogP) is 2.21. The van der Waals surface area contributed by atoms with E-state index in [2.05, 4.69) is 19.9 Å². The summed E-state index contributed by atoms with van der Waals surface area (Å²) < 4.78 is 0. The number of hydrogen-bond donors (Lipinski definition) is 1. The molecule has 0 aliphatic heterocycles. The Labute approximate surface area is 62.6 Å². The van der Waals surface area contributed by atoms with Gasteiger partial charge in [0.2, 0.25) is 0 Å². The standard InChI is InChI=1S/C9H15N/c1-7(2)8-5-3-4-6-9(8)10/h4,6-7H,3,5,10H2,1-2H3. The van der Waals surface area contributed by atoms with E-state index < -0.39 is 0 Å². The molecule has 0 atom stereocenters. The van der Waals surface area contributed by atoms with Gasteiger partial charge in [-0.3, -0.25) is 0 Å². The zero-order chi connectivity index (χ0) is 7.56. The van der Waals surface area contributed by atoms with Crippen molar-refractivity contribution in [3.05, 3.63) is 23.4 Å². The Kier molecular flexibility index (Phi) is 2.15. The maximum Gasteiger partial charge on any atom is 0.0305 e. The minimum atomic E-state index is 0.616. The molecule has 1 nitrogen and oxygen atoms in total. The van der Waals surface area contributed by atoms with Crippen molar-refractivity contribution in [3.8, 4) is 0 Å². The van der Waals surface area contributed by atoms with Crippen LogP contribution < -0.4 is 5.73 Å². The molecule has 0 saturated heterocycles. The summed E-state index contributed by atoms with van der Waals surface area (Å²) in [6.07, 6.45) is 6.48. The second-order valence-corrected chi connectivity index (χ2v) is 3.08. The third kappa shape index (κ3) is 1.41. The Morgan fingerprint density at radius 1 is 1.50 bits per heavy atom. The van der Waals surface area contributed by atoms with Gasteiger partial charge in [-0.2, -0.15) is 0 Å². The highest BCUT2D eigenvalue weighted by Gasteiger charge is 2.08. The maximum atomic E-state index is 5.77. The van der Waals surface area contributed by atoms with Crippen molar-refractivity contribution in [2.45, 2.75) is 26.7 Å². The molecule has 1 rings (SSSR count). The van der Waals surface area contributed by atoms with Crippen molar-refractivity contribution in [3.63, 3.8) is 0 Å². The van der Waals surface area contributed by atoms with Crippen LogP contribution in [-0.2, 0) is 0 Å². The summed E-state index contributed by atoms with van der Waals surface area (Å²) in [4.78, 5) is 0. The van der Waals surface area contributed by atoms with Crippen LogP contribution in [0.15, 0.2) is 23.4 Å². The van der Waals surface area contributed by atoms with Gasteiger partial charge in [0, 0.05) is 5.70 Å². The van der Waals surface area contributed by atoms with Crippen LogP contribution in [0.1, 0.15) is 26.7 Å². The van der Waals surface area contributed by atoms with Gasteiger partial charge in [-0.1, -0.05) is 19.9 Å². The zero-order valence-corrected chi connectivity index (χ0v) is 6.72. The first kappa shape index (κ1) is 7.39. The van der Waals surface area contributed by atoms with E-state index >= 15 is 0 Å². The molecule has 10 heavy (non-hydrogen) atoms. The van der Waals surface area contributed by atoms with Crippen LogP contribution in [0.25, 0.3) is 0 Å². The molecule has 1 heteroatoms. The molecule has 2 N–H and O–H groups in total. The third-order valence-corrected chi connectivity index (χ3v) is 1.95. The van der Waals surface area contributed by atoms with E-state index in [1.54, 1.807) is 0 Å². The highest BCUT2D eigenvalue weighted by molar-refractivity contribution is 5.27. The summed E-state index contributed by atoms with van der Waals surface area (Å²) >= 11 is 0. The number of rotatable bonds is 1. The summed E-state index contributed by atoms with van der Waals surface area (Å²) in [5, 5.41) is 0. The first-order valence-corrected chi connectivity index (χ1v) is 3.87. The van der Waals surface area contributed by atoms with Crippen molar-refractivity contribution in [1.29, 1.82) is 0 Å². The molecular weight excluding hydrogens is 122 g/mol. The average molecular weight is 137 g/mol. The van der Waals surface area contributed by atoms with Crippen molar-refractivity contribution in [1.82, 2.24) is 0 Å². The molecule has 1 aliphatic carbocycles. The van der Waals surface area contributed by atoms with Gasteiger partial charge in [0.15, 0.2) is 0 Å². The molecule has 0 bridgehead atoms. The third-order valence-electron chi connectivity index (χ3n) is 1.95. The van der Waals surface area contributed by atoms with Crippen LogP contribution in [0.5, 0.6) is 0 Å². The van der Waals surface area contributed by atoms with E-state index in [9.17, 15) is 0 Å². The molecule has 0 amide bonds. The van der Waals surface area contributed by atoms with Gasteiger partial charge in [0.05, 0.1) is 0 Å². The molecule has 56 valence electrons. The molecule has 0 aromatic rings. The Balaban J connectivity index is 2.79. The summed E-state index contributed by atoms with van der Waals surface area (Å²) in [5.74, 6) is 0.616. The molecule has 0 unspecified atom stereocenters. The van der Waals surface area contributed by atoms with Gasteiger partial charge >= 0.3 is 0 Å². The van der Waals surface area contributed by atoms with E-state index in [4.69, 9.17) is 5.73 Å². The fraction of sp³-hybridized carbons (Fsp3) is 0.556. The largest absolute Gasteiger partial charge is 0.399 e. The van der Waals surface area contributed by atoms with Gasteiger partial charge in [0.25, 0.3) is 0 Å². The normalized spacial score (nSPS) is 18.7. The molecule has 0 aromatic carbocycles. The van der Waals surface area contributed by atoms with Crippen LogP contribution in [0, 0.1) is 5.92 Å². The zero-order valence-electron chi connectivity index (χ0n) is 6.72. The highest BCUT2D eigenvalue weighted by atomic mass is 14.6. The first-order valence-electron chi connectivity index (χ1n) is 3.87.